The summed E-state index contributed by atoms with van der Waals surface area (Å²) >= 11 is 0. The van der Waals surface area contributed by atoms with Crippen LogP contribution in [0.5, 0.6) is 0 Å². The van der Waals surface area contributed by atoms with E-state index in [4.69, 9.17) is 0 Å². The molecule has 5 nitrogen and oxygen atoms in total. The van der Waals surface area contributed by atoms with E-state index in [9.17, 15) is 13.2 Å². The molecule has 0 fully saturated rings. The van der Waals surface area contributed by atoms with Crippen LogP contribution in [0.2, 0.25) is 0 Å². The Morgan fingerprint density at radius 2 is 1.34 bits per heavy atom. The first-order valence-corrected chi connectivity index (χ1v) is 11.3. The van der Waals surface area contributed by atoms with Crippen molar-refractivity contribution in [2.24, 2.45) is 0 Å². The molecule has 3 rings (SSSR count). The molecule has 0 heterocycles. The Morgan fingerprint density at radius 1 is 0.828 bits per heavy atom. The van der Waals surface area contributed by atoms with Gasteiger partial charge < -0.3 is 5.32 Å². The van der Waals surface area contributed by atoms with E-state index in [-0.39, 0.29) is 11.8 Å². The third-order valence-corrected chi connectivity index (χ3v) is 5.18. The third kappa shape index (κ3) is 6.19. The normalized spacial score (nSPS) is 11.2. The van der Waals surface area contributed by atoms with Gasteiger partial charge in [-0.1, -0.05) is 60.7 Å². The van der Waals surface area contributed by atoms with E-state index < -0.39 is 10.0 Å². The van der Waals surface area contributed by atoms with Crippen molar-refractivity contribution in [3.8, 4) is 0 Å². The van der Waals surface area contributed by atoms with Crippen molar-refractivity contribution in [1.29, 1.82) is 0 Å². The van der Waals surface area contributed by atoms with E-state index in [0.717, 1.165) is 12.7 Å². The van der Waals surface area contributed by atoms with Crippen molar-refractivity contribution >= 4 is 21.6 Å². The van der Waals surface area contributed by atoms with Crippen molar-refractivity contribution < 1.29 is 13.2 Å². The van der Waals surface area contributed by atoms with Crippen LogP contribution in [0.1, 0.15) is 33.8 Å². The molecule has 1 amide bonds. The van der Waals surface area contributed by atoms with Crippen LogP contribution in [0.3, 0.4) is 0 Å². The molecule has 0 saturated carbocycles. The summed E-state index contributed by atoms with van der Waals surface area (Å²) in [6.07, 6.45) is 1.86. The maximum atomic E-state index is 12.4. The summed E-state index contributed by atoms with van der Waals surface area (Å²) in [6.45, 7) is 0.524. The predicted molar refractivity (Wildman–Crippen MR) is 117 cm³/mol. The standard InChI is InChI=1S/C23H24N2O3S/c1-29(27,28)25-21-14-12-20(13-15-21)23(26)24-17-16-22(18-8-4-2-5-9-18)19-10-6-3-7-11-19/h2-15,22,25H,16-17H2,1H3,(H,24,26). The topological polar surface area (TPSA) is 75.3 Å². The molecule has 0 aliphatic carbocycles. The van der Waals surface area contributed by atoms with Crippen LogP contribution >= 0.6 is 0 Å². The fourth-order valence-corrected chi connectivity index (χ4v) is 3.80. The molecule has 150 valence electrons. The van der Waals surface area contributed by atoms with Gasteiger partial charge in [0.15, 0.2) is 0 Å². The van der Waals surface area contributed by atoms with Gasteiger partial charge in [-0.2, -0.15) is 0 Å². The van der Waals surface area contributed by atoms with Gasteiger partial charge in [-0.15, -0.1) is 0 Å². The number of amides is 1. The fraction of sp³-hybridized carbons (Fsp3) is 0.174. The van der Waals surface area contributed by atoms with Crippen LogP contribution in [-0.4, -0.2) is 27.1 Å². The highest BCUT2D eigenvalue weighted by molar-refractivity contribution is 7.92. The number of carbonyl (C=O) groups is 1. The summed E-state index contributed by atoms with van der Waals surface area (Å²) in [5.74, 6) is 0.00909. The molecule has 0 atom stereocenters. The average molecular weight is 409 g/mol. The summed E-state index contributed by atoms with van der Waals surface area (Å²) in [5.41, 5.74) is 3.34. The molecule has 0 unspecified atom stereocenters. The van der Waals surface area contributed by atoms with E-state index in [0.29, 0.717) is 17.8 Å². The molecule has 0 bridgehead atoms. The molecule has 0 aromatic heterocycles. The number of hydrogen-bond acceptors (Lipinski definition) is 3. The van der Waals surface area contributed by atoms with Crippen molar-refractivity contribution in [1.82, 2.24) is 5.32 Å². The van der Waals surface area contributed by atoms with E-state index in [1.54, 1.807) is 24.3 Å². The molecule has 0 aliphatic rings. The Hall–Kier alpha value is -3.12. The van der Waals surface area contributed by atoms with Gasteiger partial charge in [0, 0.05) is 23.7 Å². The van der Waals surface area contributed by atoms with Crippen LogP contribution in [0.15, 0.2) is 84.9 Å². The second-order valence-corrected chi connectivity index (χ2v) is 8.62. The predicted octanol–water partition coefficient (Wildman–Crippen LogP) is 4.01. The highest BCUT2D eigenvalue weighted by Gasteiger charge is 2.14. The first kappa shape index (κ1) is 20.6. The van der Waals surface area contributed by atoms with E-state index in [2.05, 4.69) is 34.3 Å². The van der Waals surface area contributed by atoms with Gasteiger partial charge in [0.05, 0.1) is 6.26 Å². The monoisotopic (exact) mass is 408 g/mol. The molecule has 3 aromatic carbocycles. The molecule has 0 radical (unpaired) electrons. The largest absolute Gasteiger partial charge is 0.352 e. The number of nitrogens with one attached hydrogen (secondary N) is 2. The SMILES string of the molecule is CS(=O)(=O)Nc1ccc(C(=O)NCCC(c2ccccc2)c2ccccc2)cc1. The molecular formula is C23H24N2O3S. The summed E-state index contributed by atoms with van der Waals surface area (Å²) in [7, 11) is -3.34. The lowest BCUT2D eigenvalue weighted by molar-refractivity contribution is 0.0953. The lowest BCUT2D eigenvalue weighted by Crippen LogP contribution is -2.25. The Kier molecular flexibility index (Phi) is 6.67. The average Bonchev–Trinajstić information content (AvgIpc) is 2.72. The highest BCUT2D eigenvalue weighted by Crippen LogP contribution is 2.27. The minimum atomic E-state index is -3.34. The van der Waals surface area contributed by atoms with Crippen LogP contribution in [0.4, 0.5) is 5.69 Å². The van der Waals surface area contributed by atoms with Crippen LogP contribution in [0, 0.1) is 0 Å². The van der Waals surface area contributed by atoms with Gasteiger partial charge in [-0.25, -0.2) is 8.42 Å². The van der Waals surface area contributed by atoms with Crippen molar-refractivity contribution in [3.05, 3.63) is 102 Å². The molecule has 0 saturated heterocycles. The molecule has 0 aliphatic heterocycles. The lowest BCUT2D eigenvalue weighted by atomic mass is 9.88. The van der Waals surface area contributed by atoms with E-state index >= 15 is 0 Å². The Balaban J connectivity index is 1.63. The molecule has 6 heteroatoms. The molecule has 3 aromatic rings. The Bertz CT molecular complexity index is 995. The van der Waals surface area contributed by atoms with Gasteiger partial charge in [0.25, 0.3) is 5.91 Å². The molecule has 0 spiro atoms. The van der Waals surface area contributed by atoms with E-state index in [1.807, 2.05) is 36.4 Å². The highest BCUT2D eigenvalue weighted by atomic mass is 32.2. The molecule has 29 heavy (non-hydrogen) atoms. The second kappa shape index (κ2) is 9.39. The quantitative estimate of drug-likeness (QED) is 0.591. The first-order valence-electron chi connectivity index (χ1n) is 9.38. The van der Waals surface area contributed by atoms with Gasteiger partial charge in [0.2, 0.25) is 10.0 Å². The summed E-state index contributed by atoms with van der Waals surface area (Å²) in [5, 5.41) is 2.96. The van der Waals surface area contributed by atoms with Gasteiger partial charge >= 0.3 is 0 Å². The number of carbonyl (C=O) groups excluding carboxylic acids is 1. The Morgan fingerprint density at radius 3 is 1.83 bits per heavy atom. The van der Waals surface area contributed by atoms with Crippen LogP contribution < -0.4 is 10.0 Å². The fourth-order valence-electron chi connectivity index (χ4n) is 3.23. The van der Waals surface area contributed by atoms with Gasteiger partial charge in [0.1, 0.15) is 0 Å². The number of sulfonamides is 1. The maximum absolute atomic E-state index is 12.4. The van der Waals surface area contributed by atoms with Gasteiger partial charge in [-0.3, -0.25) is 9.52 Å². The zero-order valence-electron chi connectivity index (χ0n) is 16.2. The first-order chi connectivity index (χ1) is 13.9. The minimum absolute atomic E-state index is 0.184. The smallest absolute Gasteiger partial charge is 0.251 e. The van der Waals surface area contributed by atoms with Crippen molar-refractivity contribution in [3.63, 3.8) is 0 Å². The zero-order valence-corrected chi connectivity index (χ0v) is 17.0. The Labute approximate surface area is 171 Å². The summed E-state index contributed by atoms with van der Waals surface area (Å²) < 4.78 is 24.9. The van der Waals surface area contributed by atoms with Gasteiger partial charge in [-0.05, 0) is 41.8 Å². The van der Waals surface area contributed by atoms with E-state index in [1.165, 1.54) is 11.1 Å². The van der Waals surface area contributed by atoms with Crippen LogP contribution in [-0.2, 0) is 10.0 Å². The van der Waals surface area contributed by atoms with Crippen molar-refractivity contribution in [2.75, 3.05) is 17.5 Å². The van der Waals surface area contributed by atoms with Crippen LogP contribution in [0.25, 0.3) is 0 Å². The second-order valence-electron chi connectivity index (χ2n) is 6.87. The summed E-state index contributed by atoms with van der Waals surface area (Å²) in [6, 6.07) is 26.9. The zero-order chi connectivity index (χ0) is 20.7. The molecule has 2 N–H and O–H groups in total. The summed E-state index contributed by atoms with van der Waals surface area (Å²) in [4.78, 5) is 12.4. The third-order valence-electron chi connectivity index (χ3n) is 4.57. The number of benzene rings is 3. The molecular weight excluding hydrogens is 384 g/mol. The lowest BCUT2D eigenvalue weighted by Gasteiger charge is -2.18. The maximum Gasteiger partial charge on any atom is 0.251 e. The number of hydrogen-bond donors (Lipinski definition) is 2. The van der Waals surface area contributed by atoms with Crippen molar-refractivity contribution in [2.45, 2.75) is 12.3 Å². The number of rotatable bonds is 8. The minimum Gasteiger partial charge on any atom is -0.352 e. The number of anilines is 1.